The highest BCUT2D eigenvalue weighted by Gasteiger charge is 2.26. The summed E-state index contributed by atoms with van der Waals surface area (Å²) in [5, 5.41) is 22.0. The maximum absolute atomic E-state index is 13.2. The van der Waals surface area contributed by atoms with Gasteiger partial charge in [-0.05, 0) is 47.0 Å². The number of hydrogen-bond acceptors (Lipinski definition) is 9. The van der Waals surface area contributed by atoms with E-state index >= 15 is 0 Å². The summed E-state index contributed by atoms with van der Waals surface area (Å²) in [4.78, 5) is 15.4. The monoisotopic (exact) mass is 481 g/mol. The molecule has 11 nitrogen and oxygen atoms in total. The molecule has 5 rings (SSSR count). The average molecular weight is 482 g/mol. The Bertz CT molecular complexity index is 1310. The highest BCUT2D eigenvalue weighted by atomic mass is 35.5. The number of piperidine rings is 1. The minimum Gasteiger partial charge on any atom is -0.378 e. The van der Waals surface area contributed by atoms with Crippen molar-refractivity contribution in [1.29, 1.82) is 0 Å². The Morgan fingerprint density at radius 1 is 1.12 bits per heavy atom. The number of hydrazone groups is 1. The Kier molecular flexibility index (Phi) is 7.14. The number of carbonyl (C=O) groups excluding carboxylic acids is 1. The van der Waals surface area contributed by atoms with Crippen molar-refractivity contribution in [3.63, 3.8) is 0 Å². The maximum Gasteiger partial charge on any atom is 0.292 e. The fourth-order valence-corrected chi connectivity index (χ4v) is 4.04. The first-order valence-corrected chi connectivity index (χ1v) is 10.8. The molecule has 0 spiro atoms. The van der Waals surface area contributed by atoms with Crippen molar-refractivity contribution < 1.29 is 9.42 Å². The zero-order chi connectivity index (χ0) is 22.6. The molecular weight excluding hydrogens is 458 g/mol. The van der Waals surface area contributed by atoms with Gasteiger partial charge in [0.1, 0.15) is 5.69 Å². The molecule has 0 bridgehead atoms. The fourth-order valence-electron chi connectivity index (χ4n) is 4.04. The van der Waals surface area contributed by atoms with Crippen LogP contribution in [-0.2, 0) is 6.54 Å². The summed E-state index contributed by atoms with van der Waals surface area (Å²) < 4.78 is 5.93. The van der Waals surface area contributed by atoms with Crippen LogP contribution in [0.15, 0.2) is 52.2 Å². The fraction of sp³-hybridized carbons (Fsp3) is 0.273. The molecule has 176 valence electrons. The number of nitrogen functional groups attached to an aromatic ring is 1. The van der Waals surface area contributed by atoms with Crippen molar-refractivity contribution in [2.45, 2.75) is 25.8 Å². The minimum atomic E-state index is -0.481. The van der Waals surface area contributed by atoms with Gasteiger partial charge in [0.05, 0.1) is 6.21 Å². The van der Waals surface area contributed by atoms with Gasteiger partial charge in [0.25, 0.3) is 5.91 Å². The molecule has 3 N–H and O–H groups in total. The van der Waals surface area contributed by atoms with E-state index in [2.05, 4.69) is 40.7 Å². The predicted octanol–water partition coefficient (Wildman–Crippen LogP) is 2.56. The van der Waals surface area contributed by atoms with Gasteiger partial charge in [-0.1, -0.05) is 54.1 Å². The number of carbonyl (C=O) groups is 1. The quantitative estimate of drug-likeness (QED) is 0.316. The van der Waals surface area contributed by atoms with Gasteiger partial charge in [-0.15, -0.1) is 17.5 Å². The second-order valence-corrected chi connectivity index (χ2v) is 7.87. The number of hydrogen-bond donors (Lipinski definition) is 2. The number of halogens is 1. The van der Waals surface area contributed by atoms with Crippen LogP contribution in [0.2, 0.25) is 0 Å². The standard InChI is InChI=1S/C22H23N9O2.ClH/c23-20-21(28-33-27-20)31-19(18(25-29-31)14-30-11-4-1-5-12-30)22(32)26-24-13-16-9-6-8-15-7-2-3-10-17(15)16;/h2-3,6-10,13H,1,4-5,11-12,14H2,(H2,23,27)(H,26,32);1H/b24-13+;. The summed E-state index contributed by atoms with van der Waals surface area (Å²) >= 11 is 0. The molecule has 0 unspecified atom stereocenters. The van der Waals surface area contributed by atoms with Crippen LogP contribution in [0.25, 0.3) is 16.6 Å². The SMILES string of the molecule is Cl.Nc1nonc1-n1nnc(CN2CCCCC2)c1C(=O)N/N=C/c1cccc2ccccc12. The molecule has 12 heteroatoms. The van der Waals surface area contributed by atoms with E-state index < -0.39 is 5.91 Å². The van der Waals surface area contributed by atoms with Gasteiger partial charge >= 0.3 is 0 Å². The van der Waals surface area contributed by atoms with E-state index in [1.165, 1.54) is 11.1 Å². The molecule has 2 aromatic carbocycles. The third kappa shape index (κ3) is 4.75. The molecule has 0 radical (unpaired) electrons. The second kappa shape index (κ2) is 10.4. The Morgan fingerprint density at radius 3 is 2.71 bits per heavy atom. The molecule has 2 aromatic heterocycles. The van der Waals surface area contributed by atoms with E-state index in [4.69, 9.17) is 5.73 Å². The molecule has 0 atom stereocenters. The molecule has 34 heavy (non-hydrogen) atoms. The number of nitrogens with two attached hydrogens (primary N) is 1. The number of anilines is 1. The van der Waals surface area contributed by atoms with Crippen molar-refractivity contribution in [3.05, 3.63) is 59.4 Å². The molecule has 1 amide bonds. The number of rotatable bonds is 6. The molecule has 0 saturated carbocycles. The Morgan fingerprint density at radius 2 is 1.91 bits per heavy atom. The van der Waals surface area contributed by atoms with Crippen LogP contribution in [0.1, 0.15) is 41.0 Å². The van der Waals surface area contributed by atoms with Gasteiger partial charge in [0.15, 0.2) is 5.69 Å². The van der Waals surface area contributed by atoms with Crippen LogP contribution in [0.5, 0.6) is 0 Å². The van der Waals surface area contributed by atoms with Crippen molar-refractivity contribution >= 4 is 41.1 Å². The van der Waals surface area contributed by atoms with Crippen molar-refractivity contribution in [1.82, 2.24) is 35.6 Å². The largest absolute Gasteiger partial charge is 0.378 e. The first-order chi connectivity index (χ1) is 16.2. The number of nitrogens with one attached hydrogen (secondary N) is 1. The first-order valence-electron chi connectivity index (χ1n) is 10.8. The Hall–Kier alpha value is -3.83. The number of amides is 1. The summed E-state index contributed by atoms with van der Waals surface area (Å²) in [6.45, 7) is 2.38. The molecule has 1 aliphatic rings. The highest BCUT2D eigenvalue weighted by molar-refractivity contribution is 6.00. The lowest BCUT2D eigenvalue weighted by atomic mass is 10.1. The molecule has 3 heterocycles. The number of fused-ring (bicyclic) bond motifs is 1. The van der Waals surface area contributed by atoms with Gasteiger partial charge in [0.2, 0.25) is 11.6 Å². The van der Waals surface area contributed by atoms with Crippen molar-refractivity contribution in [2.75, 3.05) is 18.8 Å². The second-order valence-electron chi connectivity index (χ2n) is 7.87. The Labute approximate surface area is 201 Å². The van der Waals surface area contributed by atoms with E-state index in [0.717, 1.165) is 42.3 Å². The van der Waals surface area contributed by atoms with Crippen molar-refractivity contribution in [3.8, 4) is 5.82 Å². The summed E-state index contributed by atoms with van der Waals surface area (Å²) in [7, 11) is 0. The number of nitrogens with zero attached hydrogens (tertiary/aromatic N) is 7. The lowest BCUT2D eigenvalue weighted by Gasteiger charge is -2.25. The smallest absolute Gasteiger partial charge is 0.292 e. The summed E-state index contributed by atoms with van der Waals surface area (Å²) in [5.74, 6) is -0.362. The average Bonchev–Trinajstić information content (AvgIpc) is 3.45. The van der Waals surface area contributed by atoms with E-state index in [9.17, 15) is 4.79 Å². The number of likely N-dealkylation sites (tertiary alicyclic amines) is 1. The molecule has 0 aliphatic carbocycles. The third-order valence-electron chi connectivity index (χ3n) is 5.67. The molecule has 4 aromatic rings. The predicted molar refractivity (Wildman–Crippen MR) is 129 cm³/mol. The van der Waals surface area contributed by atoms with Crippen LogP contribution in [0.4, 0.5) is 5.82 Å². The summed E-state index contributed by atoms with van der Waals surface area (Å²) in [5.41, 5.74) is 10.0. The zero-order valence-electron chi connectivity index (χ0n) is 18.3. The van der Waals surface area contributed by atoms with E-state index in [0.29, 0.717) is 12.2 Å². The maximum atomic E-state index is 13.2. The molecule has 1 aliphatic heterocycles. The molecule has 1 saturated heterocycles. The van der Waals surface area contributed by atoms with Gasteiger partial charge < -0.3 is 5.73 Å². The van der Waals surface area contributed by atoms with Gasteiger partial charge in [-0.3, -0.25) is 9.69 Å². The van der Waals surface area contributed by atoms with Crippen LogP contribution in [0, 0.1) is 0 Å². The third-order valence-corrected chi connectivity index (χ3v) is 5.67. The van der Waals surface area contributed by atoms with E-state index in [-0.39, 0.29) is 29.7 Å². The summed E-state index contributed by atoms with van der Waals surface area (Å²) in [6.07, 6.45) is 5.06. The molecule has 1 fully saturated rings. The lowest BCUT2D eigenvalue weighted by Crippen LogP contribution is -2.31. The van der Waals surface area contributed by atoms with Crippen LogP contribution in [0.3, 0.4) is 0 Å². The normalized spacial score (nSPS) is 14.4. The topological polar surface area (TPSA) is 140 Å². The van der Waals surface area contributed by atoms with Crippen LogP contribution < -0.4 is 11.2 Å². The number of benzene rings is 2. The number of aromatic nitrogens is 5. The minimum absolute atomic E-state index is 0. The zero-order valence-corrected chi connectivity index (χ0v) is 19.1. The van der Waals surface area contributed by atoms with Gasteiger partial charge in [-0.2, -0.15) is 9.78 Å². The van der Waals surface area contributed by atoms with E-state index in [1.54, 1.807) is 6.21 Å². The molecular formula is C22H24ClN9O2. The highest BCUT2D eigenvalue weighted by Crippen LogP contribution is 2.19. The van der Waals surface area contributed by atoms with Crippen LogP contribution in [-0.4, -0.2) is 55.4 Å². The lowest BCUT2D eigenvalue weighted by molar-refractivity contribution is 0.0944. The summed E-state index contributed by atoms with van der Waals surface area (Å²) in [6, 6.07) is 13.9. The van der Waals surface area contributed by atoms with Gasteiger partial charge in [0, 0.05) is 12.1 Å². The first kappa shape index (κ1) is 23.3. The van der Waals surface area contributed by atoms with Crippen molar-refractivity contribution in [2.24, 2.45) is 5.10 Å². The van der Waals surface area contributed by atoms with Gasteiger partial charge in [-0.25, -0.2) is 10.1 Å². The Balaban J connectivity index is 0.00000274. The van der Waals surface area contributed by atoms with Crippen LogP contribution >= 0.6 is 12.4 Å². The van der Waals surface area contributed by atoms with E-state index in [1.807, 2.05) is 42.5 Å².